The van der Waals surface area contributed by atoms with Gasteiger partial charge in [-0.05, 0) is 19.8 Å². The zero-order chi connectivity index (χ0) is 5.54. The maximum Gasteiger partial charge on any atom is -0.0316 e. The van der Waals surface area contributed by atoms with Crippen LogP contribution in [-0.2, 0) is 0 Å². The Morgan fingerprint density at radius 1 is 1.43 bits per heavy atom. The Kier molecular flexibility index (Phi) is 5.53. The molecule has 0 spiro atoms. The van der Waals surface area contributed by atoms with Gasteiger partial charge in [0.15, 0.2) is 0 Å². The van der Waals surface area contributed by atoms with E-state index in [0.29, 0.717) is 0 Å². The predicted molar refractivity (Wildman–Crippen MR) is 33.7 cm³/mol. The second kappa shape index (κ2) is 5.74. The number of hydrogen-bond donors (Lipinski definition) is 0. The second-order valence-corrected chi connectivity index (χ2v) is 1.47. The van der Waals surface area contributed by atoms with Crippen LogP contribution in [0.4, 0.5) is 0 Å². The smallest absolute Gasteiger partial charge is 0.0316 e. The summed E-state index contributed by atoms with van der Waals surface area (Å²) >= 11 is 0. The Balaban J connectivity index is 2.69. The van der Waals surface area contributed by atoms with Crippen LogP contribution < -0.4 is 0 Å². The third kappa shape index (κ3) is 5.74. The van der Waals surface area contributed by atoms with E-state index in [9.17, 15) is 0 Å². The highest BCUT2D eigenvalue weighted by Crippen LogP contribution is 1.92. The maximum atomic E-state index is 3.70. The number of unbranched alkanes of at least 4 members (excludes halogenated alkanes) is 2. The van der Waals surface area contributed by atoms with E-state index in [4.69, 9.17) is 0 Å². The first-order valence-corrected chi connectivity index (χ1v) is 2.65. The SMILES string of the molecule is [CH2]C=CCCC[CH2]. The van der Waals surface area contributed by atoms with Crippen LogP contribution in [0.15, 0.2) is 12.2 Å². The van der Waals surface area contributed by atoms with Crippen molar-refractivity contribution in [2.24, 2.45) is 0 Å². The highest BCUT2D eigenvalue weighted by Gasteiger charge is 1.73. The molecule has 0 heterocycles. The van der Waals surface area contributed by atoms with Crippen molar-refractivity contribution in [3.8, 4) is 0 Å². The fraction of sp³-hybridized carbons (Fsp3) is 0.429. The first kappa shape index (κ1) is 6.74. The van der Waals surface area contributed by atoms with E-state index in [-0.39, 0.29) is 0 Å². The van der Waals surface area contributed by atoms with Gasteiger partial charge in [-0.25, -0.2) is 0 Å². The van der Waals surface area contributed by atoms with Gasteiger partial charge in [-0.3, -0.25) is 0 Å². The molecule has 0 aromatic rings. The summed E-state index contributed by atoms with van der Waals surface area (Å²) in [6.45, 7) is 7.26. The lowest BCUT2D eigenvalue weighted by Gasteiger charge is -1.83. The van der Waals surface area contributed by atoms with Crippen molar-refractivity contribution in [3.05, 3.63) is 26.0 Å². The second-order valence-electron chi connectivity index (χ2n) is 1.47. The van der Waals surface area contributed by atoms with E-state index in [2.05, 4.69) is 19.9 Å². The van der Waals surface area contributed by atoms with E-state index in [0.717, 1.165) is 12.8 Å². The zero-order valence-electron chi connectivity index (χ0n) is 4.69. The summed E-state index contributed by atoms with van der Waals surface area (Å²) in [5.74, 6) is 0. The van der Waals surface area contributed by atoms with Gasteiger partial charge in [-0.2, -0.15) is 0 Å². The van der Waals surface area contributed by atoms with Crippen molar-refractivity contribution >= 4 is 0 Å². The summed E-state index contributed by atoms with van der Waals surface area (Å²) in [7, 11) is 0. The largest absolute Gasteiger partial charge is 0.0885 e. The minimum absolute atomic E-state index is 1.03. The lowest BCUT2D eigenvalue weighted by Crippen LogP contribution is -1.64. The molecule has 0 nitrogen and oxygen atoms in total. The van der Waals surface area contributed by atoms with Gasteiger partial charge in [-0.15, -0.1) is 0 Å². The minimum Gasteiger partial charge on any atom is -0.0885 e. The molecule has 0 aromatic heterocycles. The fourth-order valence-corrected chi connectivity index (χ4v) is 0.380. The molecule has 0 amide bonds. The average molecular weight is 96.2 g/mol. The maximum absolute atomic E-state index is 3.70. The molecule has 0 N–H and O–H groups in total. The van der Waals surface area contributed by atoms with Crippen LogP contribution >= 0.6 is 0 Å². The Labute approximate surface area is 46.2 Å². The topological polar surface area (TPSA) is 0 Å². The minimum atomic E-state index is 1.03. The Morgan fingerprint density at radius 2 is 2.14 bits per heavy atom. The van der Waals surface area contributed by atoms with Crippen LogP contribution in [0.3, 0.4) is 0 Å². The van der Waals surface area contributed by atoms with Crippen molar-refractivity contribution in [2.75, 3.05) is 0 Å². The quantitative estimate of drug-likeness (QED) is 0.473. The van der Waals surface area contributed by atoms with E-state index in [1.807, 2.05) is 6.08 Å². The third-order valence-electron chi connectivity index (χ3n) is 0.787. The number of allylic oxidation sites excluding steroid dienone is 2. The van der Waals surface area contributed by atoms with Gasteiger partial charge in [-0.1, -0.05) is 25.5 Å². The average Bonchev–Trinajstić information content (AvgIpc) is 1.69. The van der Waals surface area contributed by atoms with Crippen LogP contribution in [0.5, 0.6) is 0 Å². The van der Waals surface area contributed by atoms with Crippen LogP contribution in [0.25, 0.3) is 0 Å². The lowest BCUT2D eigenvalue weighted by atomic mass is 10.2. The summed E-state index contributed by atoms with van der Waals surface area (Å²) < 4.78 is 0. The van der Waals surface area contributed by atoms with Gasteiger partial charge in [0, 0.05) is 0 Å². The fourth-order valence-electron chi connectivity index (χ4n) is 0.380. The number of rotatable bonds is 3. The first-order valence-electron chi connectivity index (χ1n) is 2.65. The molecule has 0 aromatic carbocycles. The highest BCUT2D eigenvalue weighted by molar-refractivity contribution is 4.83. The summed E-state index contributed by atoms with van der Waals surface area (Å²) in [6, 6.07) is 0. The van der Waals surface area contributed by atoms with Gasteiger partial charge < -0.3 is 0 Å². The van der Waals surface area contributed by atoms with Gasteiger partial charge in [0.25, 0.3) is 0 Å². The van der Waals surface area contributed by atoms with Crippen LogP contribution in [0, 0.1) is 13.8 Å². The van der Waals surface area contributed by atoms with Gasteiger partial charge in [0.2, 0.25) is 0 Å². The summed E-state index contributed by atoms with van der Waals surface area (Å²) in [4.78, 5) is 0. The van der Waals surface area contributed by atoms with Crippen LogP contribution in [-0.4, -0.2) is 0 Å². The molecule has 0 bridgehead atoms. The van der Waals surface area contributed by atoms with Gasteiger partial charge in [0.05, 0.1) is 0 Å². The molecule has 40 valence electrons. The monoisotopic (exact) mass is 96.1 g/mol. The van der Waals surface area contributed by atoms with Crippen molar-refractivity contribution in [2.45, 2.75) is 19.3 Å². The van der Waals surface area contributed by atoms with Gasteiger partial charge >= 0.3 is 0 Å². The van der Waals surface area contributed by atoms with Crippen molar-refractivity contribution in [3.63, 3.8) is 0 Å². The molecule has 2 radical (unpaired) electrons. The molecule has 0 aliphatic rings. The normalized spacial score (nSPS) is 10.6. The van der Waals surface area contributed by atoms with Crippen molar-refractivity contribution in [1.82, 2.24) is 0 Å². The molecule has 0 rings (SSSR count). The molecule has 0 saturated heterocycles. The molecule has 0 unspecified atom stereocenters. The van der Waals surface area contributed by atoms with Crippen molar-refractivity contribution < 1.29 is 0 Å². The molecule has 0 saturated carbocycles. The Morgan fingerprint density at radius 3 is 2.57 bits per heavy atom. The lowest BCUT2D eigenvalue weighted by molar-refractivity contribution is 0.866. The molecule has 0 aliphatic carbocycles. The molecule has 0 aliphatic heterocycles. The third-order valence-corrected chi connectivity index (χ3v) is 0.787. The van der Waals surface area contributed by atoms with E-state index >= 15 is 0 Å². The molecule has 7 heavy (non-hydrogen) atoms. The van der Waals surface area contributed by atoms with Crippen LogP contribution in [0.2, 0.25) is 0 Å². The standard InChI is InChI=1S/C7H12/c1-3-5-7-6-4-2/h3,5H,1-2,4,6-7H2. The molecular weight excluding hydrogens is 84.1 g/mol. The Hall–Kier alpha value is -0.260. The Bertz CT molecular complexity index is 44.0. The van der Waals surface area contributed by atoms with Crippen molar-refractivity contribution in [1.29, 1.82) is 0 Å². The van der Waals surface area contributed by atoms with E-state index in [1.165, 1.54) is 6.42 Å². The molecule has 0 atom stereocenters. The van der Waals surface area contributed by atoms with E-state index < -0.39 is 0 Å². The summed E-state index contributed by atoms with van der Waals surface area (Å²) in [5.41, 5.74) is 0. The molecular formula is C7H12. The zero-order valence-corrected chi connectivity index (χ0v) is 4.69. The summed E-state index contributed by atoms with van der Waals surface area (Å²) in [5, 5.41) is 0. The molecule has 0 fully saturated rings. The van der Waals surface area contributed by atoms with Gasteiger partial charge in [0.1, 0.15) is 0 Å². The molecule has 0 heteroatoms. The van der Waals surface area contributed by atoms with Crippen LogP contribution in [0.1, 0.15) is 19.3 Å². The first-order chi connectivity index (χ1) is 3.41. The number of hydrogen-bond acceptors (Lipinski definition) is 0. The summed E-state index contributed by atoms with van der Waals surface area (Å²) in [6.07, 6.45) is 7.24. The highest BCUT2D eigenvalue weighted by atomic mass is 13.8. The van der Waals surface area contributed by atoms with E-state index in [1.54, 1.807) is 0 Å². The predicted octanol–water partition coefficient (Wildman–Crippen LogP) is 2.38.